The van der Waals surface area contributed by atoms with Crippen LogP contribution in [0, 0.1) is 11.8 Å². The second-order valence-electron chi connectivity index (χ2n) is 5.77. The lowest BCUT2D eigenvalue weighted by atomic mass is 9.76. The smallest absolute Gasteiger partial charge is 0.0349 e. The topological polar surface area (TPSA) is 12.0 Å². The van der Waals surface area contributed by atoms with Crippen molar-refractivity contribution >= 4 is 31.9 Å². The van der Waals surface area contributed by atoms with Gasteiger partial charge in [-0.25, -0.2) is 0 Å². The van der Waals surface area contributed by atoms with Gasteiger partial charge in [-0.2, -0.15) is 0 Å². The molecule has 1 fully saturated rings. The Hall–Kier alpha value is 0.140. The van der Waals surface area contributed by atoms with Crippen LogP contribution in [0.5, 0.6) is 0 Å². The fourth-order valence-electron chi connectivity index (χ4n) is 3.32. The Balaban J connectivity index is 2.22. The third-order valence-corrected chi connectivity index (χ3v) is 5.03. The van der Waals surface area contributed by atoms with Crippen LogP contribution in [0.2, 0.25) is 0 Å². The molecule has 0 heterocycles. The standard InChI is InChI=1S/C16H23Br2N/c1-3-19-16(12-6-4-5-11(2)7-12)13-8-14(17)10-15(18)9-13/h8-12,16,19H,3-7H2,1-2H3. The number of hydrogen-bond donors (Lipinski definition) is 1. The first-order chi connectivity index (χ1) is 9.10. The van der Waals surface area contributed by atoms with Crippen LogP contribution < -0.4 is 5.32 Å². The highest BCUT2D eigenvalue weighted by atomic mass is 79.9. The summed E-state index contributed by atoms with van der Waals surface area (Å²) < 4.78 is 2.31. The van der Waals surface area contributed by atoms with Crippen LogP contribution in [0.25, 0.3) is 0 Å². The Morgan fingerprint density at radius 3 is 2.47 bits per heavy atom. The molecule has 1 N–H and O–H groups in total. The fraction of sp³-hybridized carbons (Fsp3) is 0.625. The molecule has 0 bridgehead atoms. The Morgan fingerprint density at radius 1 is 1.21 bits per heavy atom. The van der Waals surface area contributed by atoms with Gasteiger partial charge in [0, 0.05) is 15.0 Å². The maximum absolute atomic E-state index is 3.70. The minimum Gasteiger partial charge on any atom is -0.310 e. The lowest BCUT2D eigenvalue weighted by Crippen LogP contribution is -2.31. The zero-order valence-electron chi connectivity index (χ0n) is 11.8. The maximum Gasteiger partial charge on any atom is 0.0349 e. The first-order valence-corrected chi connectivity index (χ1v) is 8.88. The highest BCUT2D eigenvalue weighted by Crippen LogP contribution is 2.38. The highest BCUT2D eigenvalue weighted by Gasteiger charge is 2.27. The summed E-state index contributed by atoms with van der Waals surface area (Å²) in [5, 5.41) is 3.70. The molecule has 3 atom stereocenters. The van der Waals surface area contributed by atoms with Gasteiger partial charge in [-0.05, 0) is 55.0 Å². The molecule has 1 aliphatic carbocycles. The molecule has 106 valence electrons. The Morgan fingerprint density at radius 2 is 1.89 bits per heavy atom. The van der Waals surface area contributed by atoms with Crippen LogP contribution in [0.15, 0.2) is 27.1 Å². The van der Waals surface area contributed by atoms with Crippen molar-refractivity contribution in [1.82, 2.24) is 5.32 Å². The van der Waals surface area contributed by atoms with Crippen molar-refractivity contribution in [2.24, 2.45) is 11.8 Å². The summed E-state index contributed by atoms with van der Waals surface area (Å²) in [4.78, 5) is 0. The summed E-state index contributed by atoms with van der Waals surface area (Å²) in [5.41, 5.74) is 1.40. The third kappa shape index (κ3) is 4.30. The van der Waals surface area contributed by atoms with Gasteiger partial charge in [0.1, 0.15) is 0 Å². The maximum atomic E-state index is 3.70. The zero-order valence-corrected chi connectivity index (χ0v) is 14.9. The van der Waals surface area contributed by atoms with E-state index in [9.17, 15) is 0 Å². The van der Waals surface area contributed by atoms with Crippen molar-refractivity contribution < 1.29 is 0 Å². The highest BCUT2D eigenvalue weighted by molar-refractivity contribution is 9.11. The molecule has 0 radical (unpaired) electrons. The van der Waals surface area contributed by atoms with Gasteiger partial charge in [0.25, 0.3) is 0 Å². The third-order valence-electron chi connectivity index (χ3n) is 4.12. The number of rotatable bonds is 4. The van der Waals surface area contributed by atoms with Gasteiger partial charge in [-0.3, -0.25) is 0 Å². The number of hydrogen-bond acceptors (Lipinski definition) is 1. The van der Waals surface area contributed by atoms with E-state index in [4.69, 9.17) is 0 Å². The molecule has 0 saturated heterocycles. The Kier molecular flexibility index (Phi) is 5.91. The molecule has 1 nitrogen and oxygen atoms in total. The average Bonchev–Trinajstić information content (AvgIpc) is 2.34. The van der Waals surface area contributed by atoms with Gasteiger partial charge in [0.15, 0.2) is 0 Å². The van der Waals surface area contributed by atoms with Gasteiger partial charge in [-0.15, -0.1) is 0 Å². The fourth-order valence-corrected chi connectivity index (χ4v) is 4.64. The number of halogens is 2. The second kappa shape index (κ2) is 7.24. The van der Waals surface area contributed by atoms with E-state index in [1.54, 1.807) is 0 Å². The average molecular weight is 389 g/mol. The molecule has 0 amide bonds. The van der Waals surface area contributed by atoms with E-state index in [2.05, 4.69) is 69.2 Å². The van der Waals surface area contributed by atoms with Crippen LogP contribution in [0.1, 0.15) is 51.1 Å². The van der Waals surface area contributed by atoms with Gasteiger partial charge in [0.2, 0.25) is 0 Å². The van der Waals surface area contributed by atoms with Gasteiger partial charge in [-0.1, -0.05) is 58.5 Å². The van der Waals surface area contributed by atoms with Crippen LogP contribution in [0.4, 0.5) is 0 Å². The van der Waals surface area contributed by atoms with E-state index in [0.29, 0.717) is 6.04 Å². The largest absolute Gasteiger partial charge is 0.310 e. The minimum absolute atomic E-state index is 0.488. The normalized spacial score (nSPS) is 25.3. The number of nitrogens with one attached hydrogen (secondary N) is 1. The lowest BCUT2D eigenvalue weighted by Gasteiger charge is -2.34. The molecule has 1 aromatic carbocycles. The number of benzene rings is 1. The van der Waals surface area contributed by atoms with Crippen LogP contribution in [0.3, 0.4) is 0 Å². The second-order valence-corrected chi connectivity index (χ2v) is 7.60. The quantitative estimate of drug-likeness (QED) is 0.698. The zero-order chi connectivity index (χ0) is 13.8. The summed E-state index contributed by atoms with van der Waals surface area (Å²) in [6, 6.07) is 7.12. The van der Waals surface area contributed by atoms with Crippen molar-refractivity contribution in [2.75, 3.05) is 6.54 Å². The summed E-state index contributed by atoms with van der Waals surface area (Å²) in [6.45, 7) is 5.62. The molecule has 0 aromatic heterocycles. The molecule has 19 heavy (non-hydrogen) atoms. The summed E-state index contributed by atoms with van der Waals surface area (Å²) in [6.07, 6.45) is 5.48. The minimum atomic E-state index is 0.488. The van der Waals surface area contributed by atoms with E-state index in [1.165, 1.54) is 31.2 Å². The summed E-state index contributed by atoms with van der Waals surface area (Å²) in [7, 11) is 0. The lowest BCUT2D eigenvalue weighted by molar-refractivity contribution is 0.225. The van der Waals surface area contributed by atoms with E-state index >= 15 is 0 Å². The van der Waals surface area contributed by atoms with Crippen molar-refractivity contribution in [3.05, 3.63) is 32.7 Å². The summed E-state index contributed by atoms with van der Waals surface area (Å²) >= 11 is 7.22. The Bertz CT molecular complexity index is 399. The van der Waals surface area contributed by atoms with E-state index in [1.807, 2.05) is 0 Å². The molecule has 1 aliphatic rings. The first kappa shape index (κ1) is 15.5. The van der Waals surface area contributed by atoms with Gasteiger partial charge in [0.05, 0.1) is 0 Å². The molecule has 0 aliphatic heterocycles. The van der Waals surface area contributed by atoms with Gasteiger partial charge >= 0.3 is 0 Å². The molecule has 0 spiro atoms. The summed E-state index contributed by atoms with van der Waals surface area (Å²) in [5.74, 6) is 1.64. The van der Waals surface area contributed by atoms with E-state index in [-0.39, 0.29) is 0 Å². The molecular weight excluding hydrogens is 366 g/mol. The van der Waals surface area contributed by atoms with Crippen LogP contribution in [-0.2, 0) is 0 Å². The van der Waals surface area contributed by atoms with Crippen LogP contribution in [-0.4, -0.2) is 6.54 Å². The molecule has 3 unspecified atom stereocenters. The SMILES string of the molecule is CCNC(c1cc(Br)cc(Br)c1)C1CCCC(C)C1. The Labute approximate surface area is 133 Å². The van der Waals surface area contributed by atoms with E-state index < -0.39 is 0 Å². The van der Waals surface area contributed by atoms with Crippen molar-refractivity contribution in [2.45, 2.75) is 45.6 Å². The van der Waals surface area contributed by atoms with Crippen molar-refractivity contribution in [1.29, 1.82) is 0 Å². The van der Waals surface area contributed by atoms with Crippen molar-refractivity contribution in [3.63, 3.8) is 0 Å². The monoisotopic (exact) mass is 387 g/mol. The molecular formula is C16H23Br2N. The molecule has 1 saturated carbocycles. The predicted octanol–water partition coefficient (Wildman–Crippen LogP) is 5.69. The molecule has 3 heteroatoms. The van der Waals surface area contributed by atoms with Gasteiger partial charge < -0.3 is 5.32 Å². The van der Waals surface area contributed by atoms with E-state index in [0.717, 1.165) is 27.3 Å². The molecule has 1 aromatic rings. The van der Waals surface area contributed by atoms with Crippen LogP contribution >= 0.6 is 31.9 Å². The molecule has 2 rings (SSSR count). The first-order valence-electron chi connectivity index (χ1n) is 7.29. The van der Waals surface area contributed by atoms with Crippen molar-refractivity contribution in [3.8, 4) is 0 Å². The predicted molar refractivity (Wildman–Crippen MR) is 89.4 cm³/mol.